The average molecular weight is 313 g/mol. The molecule has 112 valence electrons. The second-order valence-electron chi connectivity index (χ2n) is 5.02. The van der Waals surface area contributed by atoms with Gasteiger partial charge in [0, 0.05) is 28.5 Å². The lowest BCUT2D eigenvalue weighted by molar-refractivity contribution is 0.343. The van der Waals surface area contributed by atoms with E-state index in [2.05, 4.69) is 22.4 Å². The fourth-order valence-electron chi connectivity index (χ4n) is 2.39. The van der Waals surface area contributed by atoms with Crippen LogP contribution in [0.15, 0.2) is 54.6 Å². The zero-order valence-electron chi connectivity index (χ0n) is 12.3. The van der Waals surface area contributed by atoms with Crippen molar-refractivity contribution in [3.05, 3.63) is 60.3 Å². The lowest BCUT2D eigenvalue weighted by atomic mass is 10.1. The molecule has 0 fully saturated rings. The highest BCUT2D eigenvalue weighted by Crippen LogP contribution is 2.27. The van der Waals surface area contributed by atoms with Crippen LogP contribution in [-0.4, -0.2) is 17.5 Å². The summed E-state index contributed by atoms with van der Waals surface area (Å²) in [5.74, 6) is 1.28. The normalized spacial score (nSPS) is 10.6. The number of hydrogen-bond acceptors (Lipinski definition) is 3. The molecule has 3 nitrogen and oxygen atoms in total. The zero-order valence-corrected chi connectivity index (χ0v) is 13.1. The summed E-state index contributed by atoms with van der Waals surface area (Å²) < 4.78 is 5.56. The molecule has 0 unspecified atom stereocenters. The summed E-state index contributed by atoms with van der Waals surface area (Å²) >= 11 is 5.66. The number of para-hydroxylation sites is 1. The van der Waals surface area contributed by atoms with Gasteiger partial charge in [0.25, 0.3) is 0 Å². The molecule has 0 aliphatic heterocycles. The van der Waals surface area contributed by atoms with Gasteiger partial charge in [0.2, 0.25) is 0 Å². The minimum atomic E-state index is 0.478. The number of anilines is 2. The van der Waals surface area contributed by atoms with Crippen LogP contribution >= 0.6 is 11.6 Å². The Morgan fingerprint density at radius 3 is 2.82 bits per heavy atom. The second-order valence-corrected chi connectivity index (χ2v) is 5.40. The number of aromatic nitrogens is 1. The molecule has 22 heavy (non-hydrogen) atoms. The molecule has 1 heterocycles. The monoisotopic (exact) mass is 312 g/mol. The number of halogens is 1. The summed E-state index contributed by atoms with van der Waals surface area (Å²) in [5.41, 5.74) is 3.98. The van der Waals surface area contributed by atoms with Crippen molar-refractivity contribution in [2.24, 2.45) is 0 Å². The highest BCUT2D eigenvalue weighted by molar-refractivity contribution is 6.18. The molecule has 0 bridgehead atoms. The van der Waals surface area contributed by atoms with Crippen LogP contribution < -0.4 is 10.1 Å². The molecule has 0 spiro atoms. The molecule has 0 radical (unpaired) electrons. The summed E-state index contributed by atoms with van der Waals surface area (Å²) in [4.78, 5) is 4.56. The van der Waals surface area contributed by atoms with E-state index in [-0.39, 0.29) is 0 Å². The van der Waals surface area contributed by atoms with Crippen molar-refractivity contribution in [3.63, 3.8) is 0 Å². The van der Waals surface area contributed by atoms with Crippen LogP contribution in [0.25, 0.3) is 10.9 Å². The second kappa shape index (κ2) is 6.67. The van der Waals surface area contributed by atoms with Crippen molar-refractivity contribution in [1.82, 2.24) is 4.98 Å². The fourth-order valence-corrected chi connectivity index (χ4v) is 2.46. The summed E-state index contributed by atoms with van der Waals surface area (Å²) in [6.07, 6.45) is 0. The highest BCUT2D eigenvalue weighted by atomic mass is 35.5. The number of hydrogen-bond donors (Lipinski definition) is 1. The molecule has 0 aliphatic carbocycles. The number of nitrogens with one attached hydrogen (secondary N) is 1. The smallest absolute Gasteiger partial charge is 0.121 e. The molecule has 2 aromatic carbocycles. The molecule has 0 atom stereocenters. The Morgan fingerprint density at radius 2 is 1.95 bits per heavy atom. The Morgan fingerprint density at radius 1 is 1.09 bits per heavy atom. The molecule has 0 saturated heterocycles. The van der Waals surface area contributed by atoms with Crippen molar-refractivity contribution < 1.29 is 4.74 Å². The minimum absolute atomic E-state index is 0.478. The van der Waals surface area contributed by atoms with Crippen LogP contribution in [0, 0.1) is 6.92 Å². The van der Waals surface area contributed by atoms with Gasteiger partial charge in [-0.3, -0.25) is 4.98 Å². The number of alkyl halides is 1. The lowest BCUT2D eigenvalue weighted by Crippen LogP contribution is -1.99. The lowest BCUT2D eigenvalue weighted by Gasteiger charge is -2.12. The number of ether oxygens (including phenoxy) is 1. The predicted molar refractivity (Wildman–Crippen MR) is 92.4 cm³/mol. The van der Waals surface area contributed by atoms with Gasteiger partial charge in [-0.15, -0.1) is 11.6 Å². The third-order valence-electron chi connectivity index (χ3n) is 3.30. The molecule has 1 aromatic heterocycles. The number of pyridine rings is 1. The van der Waals surface area contributed by atoms with Gasteiger partial charge in [0.15, 0.2) is 0 Å². The molecule has 3 rings (SSSR count). The van der Waals surface area contributed by atoms with E-state index < -0.39 is 0 Å². The SMILES string of the molecule is Cc1cc(Nc2cccc(OCCCl)c2)c2ccccc2n1. The first kappa shape index (κ1) is 14.7. The van der Waals surface area contributed by atoms with Gasteiger partial charge in [-0.2, -0.15) is 0 Å². The van der Waals surface area contributed by atoms with Crippen molar-refractivity contribution in [1.29, 1.82) is 0 Å². The maximum Gasteiger partial charge on any atom is 0.121 e. The molecule has 0 amide bonds. The van der Waals surface area contributed by atoms with E-state index in [9.17, 15) is 0 Å². The number of benzene rings is 2. The number of aryl methyl sites for hydroxylation is 1. The Hall–Kier alpha value is -2.26. The maximum absolute atomic E-state index is 5.66. The van der Waals surface area contributed by atoms with Crippen molar-refractivity contribution in [2.75, 3.05) is 17.8 Å². The van der Waals surface area contributed by atoms with Gasteiger partial charge < -0.3 is 10.1 Å². The van der Waals surface area contributed by atoms with Crippen molar-refractivity contribution >= 4 is 33.9 Å². The summed E-state index contributed by atoms with van der Waals surface area (Å²) in [6, 6.07) is 18.0. The number of fused-ring (bicyclic) bond motifs is 1. The van der Waals surface area contributed by atoms with Crippen molar-refractivity contribution in [2.45, 2.75) is 6.92 Å². The Labute approximate surface area is 134 Å². The number of nitrogens with zero attached hydrogens (tertiary/aromatic N) is 1. The third kappa shape index (κ3) is 3.31. The zero-order chi connectivity index (χ0) is 15.4. The van der Waals surface area contributed by atoms with E-state index in [1.165, 1.54) is 0 Å². The summed E-state index contributed by atoms with van der Waals surface area (Å²) in [6.45, 7) is 2.50. The Bertz CT molecular complexity index is 789. The summed E-state index contributed by atoms with van der Waals surface area (Å²) in [5, 5.41) is 4.55. The van der Waals surface area contributed by atoms with Gasteiger partial charge in [-0.1, -0.05) is 24.3 Å². The molecular formula is C18H17ClN2O. The standard InChI is InChI=1S/C18H17ClN2O/c1-13-11-18(16-7-2-3-8-17(16)20-13)21-14-5-4-6-15(12-14)22-10-9-19/h2-8,11-12H,9-10H2,1H3,(H,20,21). The van der Waals surface area contributed by atoms with Crippen LogP contribution in [0.1, 0.15) is 5.69 Å². The number of rotatable bonds is 5. The van der Waals surface area contributed by atoms with Crippen LogP contribution in [0.5, 0.6) is 5.75 Å². The quantitative estimate of drug-likeness (QED) is 0.680. The van der Waals surface area contributed by atoms with Crippen LogP contribution in [-0.2, 0) is 0 Å². The van der Waals surface area contributed by atoms with Crippen LogP contribution in [0.4, 0.5) is 11.4 Å². The largest absolute Gasteiger partial charge is 0.492 e. The van der Waals surface area contributed by atoms with Gasteiger partial charge in [-0.05, 0) is 31.2 Å². The Kier molecular flexibility index (Phi) is 4.45. The molecular weight excluding hydrogens is 296 g/mol. The van der Waals surface area contributed by atoms with Crippen molar-refractivity contribution in [3.8, 4) is 5.75 Å². The maximum atomic E-state index is 5.66. The Balaban J connectivity index is 1.93. The van der Waals surface area contributed by atoms with E-state index in [1.54, 1.807) is 0 Å². The summed E-state index contributed by atoms with van der Waals surface area (Å²) in [7, 11) is 0. The van der Waals surface area contributed by atoms with E-state index in [4.69, 9.17) is 16.3 Å². The minimum Gasteiger partial charge on any atom is -0.492 e. The molecule has 3 aromatic rings. The molecule has 0 saturated carbocycles. The predicted octanol–water partition coefficient (Wildman–Crippen LogP) is 4.90. The van der Waals surface area contributed by atoms with E-state index in [1.807, 2.05) is 49.4 Å². The van der Waals surface area contributed by atoms with E-state index >= 15 is 0 Å². The van der Waals surface area contributed by atoms with E-state index in [0.717, 1.165) is 33.7 Å². The van der Waals surface area contributed by atoms with Gasteiger partial charge >= 0.3 is 0 Å². The molecule has 4 heteroatoms. The van der Waals surface area contributed by atoms with Crippen LogP contribution in [0.2, 0.25) is 0 Å². The fraction of sp³-hybridized carbons (Fsp3) is 0.167. The van der Waals surface area contributed by atoms with Crippen LogP contribution in [0.3, 0.4) is 0 Å². The first-order chi connectivity index (χ1) is 10.8. The third-order valence-corrected chi connectivity index (χ3v) is 3.46. The molecule has 0 aliphatic rings. The van der Waals surface area contributed by atoms with Gasteiger partial charge in [0.05, 0.1) is 11.4 Å². The first-order valence-electron chi connectivity index (χ1n) is 7.18. The highest BCUT2D eigenvalue weighted by Gasteiger charge is 2.04. The molecule has 1 N–H and O–H groups in total. The first-order valence-corrected chi connectivity index (χ1v) is 7.72. The average Bonchev–Trinajstić information content (AvgIpc) is 2.53. The van der Waals surface area contributed by atoms with Gasteiger partial charge in [0.1, 0.15) is 12.4 Å². The topological polar surface area (TPSA) is 34.1 Å². The van der Waals surface area contributed by atoms with Gasteiger partial charge in [-0.25, -0.2) is 0 Å². The van der Waals surface area contributed by atoms with E-state index in [0.29, 0.717) is 12.5 Å².